The number of phenols is 2. The summed E-state index contributed by atoms with van der Waals surface area (Å²) < 4.78 is 2.12. The van der Waals surface area contributed by atoms with Crippen molar-refractivity contribution in [3.8, 4) is 77.4 Å². The first-order valence-corrected chi connectivity index (χ1v) is 24.3. The monoisotopic (exact) mass is 906 g/mol. The molecule has 0 bridgehead atoms. The molecule has 0 atom stereocenters. The highest BCUT2D eigenvalue weighted by atomic mass is 32.1. The lowest BCUT2D eigenvalue weighted by Gasteiger charge is -2.27. The number of phenolic OH excluding ortho intramolecular Hbond substituents is 2. The summed E-state index contributed by atoms with van der Waals surface area (Å²) in [4.78, 5) is 20.0. The van der Waals surface area contributed by atoms with E-state index in [1.54, 1.807) is 29.0 Å². The molecule has 0 aliphatic heterocycles. The first-order chi connectivity index (χ1) is 31.0. The van der Waals surface area contributed by atoms with Gasteiger partial charge in [0.25, 0.3) is 0 Å². The third-order valence-electron chi connectivity index (χ3n) is 12.5. The fourth-order valence-corrected chi connectivity index (χ4v) is 10.6. The molecule has 0 amide bonds. The predicted octanol–water partition coefficient (Wildman–Crippen LogP) is 16.3. The molecule has 6 nitrogen and oxygen atoms in total. The smallest absolute Gasteiger partial charge is 0.129 e. The Balaban J connectivity index is 1.06. The van der Waals surface area contributed by atoms with Crippen molar-refractivity contribution in [2.24, 2.45) is 0 Å². The molecule has 66 heavy (non-hydrogen) atoms. The summed E-state index contributed by atoms with van der Waals surface area (Å²) in [6.07, 6.45) is 1.64. The van der Waals surface area contributed by atoms with Crippen molar-refractivity contribution >= 4 is 43.1 Å². The van der Waals surface area contributed by atoms with E-state index in [1.165, 1.54) is 11.1 Å². The van der Waals surface area contributed by atoms with E-state index in [1.807, 2.05) is 0 Å². The number of nitrogens with zero attached hydrogens (tertiary/aromatic N) is 4. The van der Waals surface area contributed by atoms with E-state index in [2.05, 4.69) is 198 Å². The average molecular weight is 907 g/mol. The molecular weight excluding hydrogens is 849 g/mol. The van der Waals surface area contributed by atoms with Crippen molar-refractivity contribution in [1.82, 2.24) is 19.9 Å². The number of fused-ring (bicyclic) bond motifs is 2. The Hall–Kier alpha value is -6.22. The number of aromatic hydroxyl groups is 2. The van der Waals surface area contributed by atoms with Crippen LogP contribution in [0, 0.1) is 0 Å². The minimum Gasteiger partial charge on any atom is -0.507 e. The number of aromatic nitrogens is 4. The molecule has 334 valence electrons. The molecule has 0 aliphatic rings. The molecule has 9 aromatic rings. The van der Waals surface area contributed by atoms with Crippen molar-refractivity contribution < 1.29 is 10.2 Å². The van der Waals surface area contributed by atoms with Gasteiger partial charge in [0.15, 0.2) is 0 Å². The predicted molar refractivity (Wildman–Crippen MR) is 279 cm³/mol. The Morgan fingerprint density at radius 2 is 0.773 bits per heavy atom. The molecule has 9 rings (SSSR count). The Kier molecular flexibility index (Phi) is 11.1. The van der Waals surface area contributed by atoms with Gasteiger partial charge in [-0.25, -0.2) is 19.9 Å². The van der Waals surface area contributed by atoms with Crippen molar-refractivity contribution in [3.63, 3.8) is 0 Å². The molecule has 0 radical (unpaired) electrons. The Bertz CT molecular complexity index is 3110. The summed E-state index contributed by atoms with van der Waals surface area (Å²) >= 11 is 3.22. The Labute approximate surface area is 397 Å². The summed E-state index contributed by atoms with van der Waals surface area (Å²) in [7, 11) is 0. The van der Waals surface area contributed by atoms with E-state index in [0.29, 0.717) is 11.5 Å². The van der Waals surface area contributed by atoms with E-state index in [9.17, 15) is 10.2 Å². The molecule has 0 saturated carbocycles. The van der Waals surface area contributed by atoms with Crippen LogP contribution in [0.1, 0.15) is 105 Å². The SMILES string of the molecule is CC(C)(C)c1cc(-c2nc3c(-c4cccc(-c5cc(-c6cccc(-c7cccc8sc(-c9cc(C(C)(C)C)cc(C(C)(C)C)c9O)nc78)c6)ncn5)c4)cccc3s2)c(O)c(C(C)(C)C)c1. The second-order valence-corrected chi connectivity index (χ2v) is 23.7. The zero-order valence-electron chi connectivity index (χ0n) is 40.0. The van der Waals surface area contributed by atoms with Crippen LogP contribution in [-0.2, 0) is 21.7 Å². The maximum Gasteiger partial charge on any atom is 0.129 e. The van der Waals surface area contributed by atoms with Crippen molar-refractivity contribution in [2.75, 3.05) is 0 Å². The van der Waals surface area contributed by atoms with Gasteiger partial charge >= 0.3 is 0 Å². The summed E-state index contributed by atoms with van der Waals surface area (Å²) in [6, 6.07) is 40.1. The van der Waals surface area contributed by atoms with E-state index >= 15 is 0 Å². The van der Waals surface area contributed by atoms with Crippen LogP contribution in [0.25, 0.3) is 86.3 Å². The van der Waals surface area contributed by atoms with Crippen molar-refractivity contribution in [2.45, 2.75) is 105 Å². The van der Waals surface area contributed by atoms with Crippen LogP contribution in [0.5, 0.6) is 11.5 Å². The molecule has 2 N–H and O–H groups in total. The fourth-order valence-electron chi connectivity index (χ4n) is 8.56. The zero-order chi connectivity index (χ0) is 47.1. The van der Waals surface area contributed by atoms with E-state index < -0.39 is 0 Å². The van der Waals surface area contributed by atoms with E-state index in [0.717, 1.165) is 97.5 Å². The number of thiazole rings is 2. The van der Waals surface area contributed by atoms with Gasteiger partial charge in [-0.3, -0.25) is 0 Å². The summed E-state index contributed by atoms with van der Waals surface area (Å²) in [5.41, 5.74) is 14.5. The van der Waals surface area contributed by atoms with Crippen LogP contribution in [0.3, 0.4) is 0 Å². The van der Waals surface area contributed by atoms with Crippen LogP contribution in [0.15, 0.2) is 122 Å². The second-order valence-electron chi connectivity index (χ2n) is 21.6. The standard InChI is InChI=1S/C58H58N4O2S2/c1-55(2,3)37-27-41(51(63)43(29-37)57(7,8)9)53-61-49-39(21-15-23-47(49)65-53)33-17-13-19-35(25-33)45-31-46(60-32-59-45)36-20-14-18-34(26-36)40-22-16-24-48-50(40)62-54(66-48)42-28-38(56(4,5)6)30-44(52(42)64)58(10,11)12/h13-32,63-64H,1-12H3. The second kappa shape index (κ2) is 16.3. The molecule has 0 aliphatic carbocycles. The zero-order valence-corrected chi connectivity index (χ0v) is 41.7. The number of para-hydroxylation sites is 2. The van der Waals surface area contributed by atoms with Crippen LogP contribution >= 0.6 is 22.7 Å². The molecule has 0 unspecified atom stereocenters. The minimum absolute atomic E-state index is 0.0986. The molecule has 8 heteroatoms. The third-order valence-corrected chi connectivity index (χ3v) is 14.6. The minimum atomic E-state index is -0.240. The largest absolute Gasteiger partial charge is 0.507 e. The lowest BCUT2D eigenvalue weighted by molar-refractivity contribution is 0.446. The summed E-state index contributed by atoms with van der Waals surface area (Å²) in [5, 5.41) is 25.0. The molecule has 0 spiro atoms. The molecule has 0 fully saturated rings. The molecule has 3 heterocycles. The van der Waals surface area contributed by atoms with Gasteiger partial charge in [0, 0.05) is 33.4 Å². The van der Waals surface area contributed by atoms with Gasteiger partial charge < -0.3 is 10.2 Å². The topological polar surface area (TPSA) is 92.0 Å². The van der Waals surface area contributed by atoms with Gasteiger partial charge in [-0.2, -0.15) is 0 Å². The van der Waals surface area contributed by atoms with E-state index in [4.69, 9.17) is 19.9 Å². The maximum atomic E-state index is 11.7. The number of rotatable bonds is 6. The van der Waals surface area contributed by atoms with Gasteiger partial charge in [-0.15, -0.1) is 22.7 Å². The number of hydrogen-bond donors (Lipinski definition) is 2. The summed E-state index contributed by atoms with van der Waals surface area (Å²) in [6.45, 7) is 26.1. The highest BCUT2D eigenvalue weighted by molar-refractivity contribution is 7.22. The van der Waals surface area contributed by atoms with Crippen molar-refractivity contribution in [3.05, 3.63) is 144 Å². The lowest BCUT2D eigenvalue weighted by Crippen LogP contribution is -2.17. The summed E-state index contributed by atoms with van der Waals surface area (Å²) in [5.74, 6) is 0.595. The van der Waals surface area contributed by atoms with Gasteiger partial charge in [-0.1, -0.05) is 156 Å². The molecular formula is C58H58N4O2S2. The fraction of sp³-hybridized carbons (Fsp3) is 0.276. The van der Waals surface area contributed by atoms with Crippen LogP contribution in [0.2, 0.25) is 0 Å². The van der Waals surface area contributed by atoms with Gasteiger partial charge in [0.05, 0.1) is 42.9 Å². The lowest BCUT2D eigenvalue weighted by atomic mass is 9.79. The van der Waals surface area contributed by atoms with Crippen LogP contribution in [0.4, 0.5) is 0 Å². The first kappa shape index (κ1) is 45.0. The van der Waals surface area contributed by atoms with Gasteiger partial charge in [-0.05, 0) is 86.4 Å². The molecule has 0 saturated heterocycles. The highest BCUT2D eigenvalue weighted by Gasteiger charge is 2.29. The van der Waals surface area contributed by atoms with Gasteiger partial charge in [0.2, 0.25) is 0 Å². The number of hydrogen-bond acceptors (Lipinski definition) is 8. The van der Waals surface area contributed by atoms with Crippen LogP contribution in [-0.4, -0.2) is 30.1 Å². The molecule has 6 aromatic carbocycles. The molecule has 3 aromatic heterocycles. The normalized spacial score (nSPS) is 12.7. The van der Waals surface area contributed by atoms with Gasteiger partial charge in [0.1, 0.15) is 27.8 Å². The maximum absolute atomic E-state index is 11.7. The Morgan fingerprint density at radius 1 is 0.394 bits per heavy atom. The first-order valence-electron chi connectivity index (χ1n) is 22.6. The number of benzene rings is 6. The highest BCUT2D eigenvalue weighted by Crippen LogP contribution is 2.47. The third kappa shape index (κ3) is 8.53. The Morgan fingerprint density at radius 3 is 1.15 bits per heavy atom. The van der Waals surface area contributed by atoms with Crippen LogP contribution < -0.4 is 0 Å². The average Bonchev–Trinajstić information content (AvgIpc) is 3.90. The van der Waals surface area contributed by atoms with Crippen molar-refractivity contribution in [1.29, 1.82) is 0 Å². The van der Waals surface area contributed by atoms with E-state index in [-0.39, 0.29) is 21.7 Å². The quantitative estimate of drug-likeness (QED) is 0.173.